The van der Waals surface area contributed by atoms with E-state index >= 15 is 0 Å². The van der Waals surface area contributed by atoms with Crippen molar-refractivity contribution in [2.75, 3.05) is 23.8 Å². The molecule has 6 heteroatoms. The molecule has 0 saturated carbocycles. The maximum absolute atomic E-state index is 11.7. The molecule has 0 aromatic heterocycles. The Labute approximate surface area is 121 Å². The largest absolute Gasteiger partial charge is 0.462 e. The molecule has 0 spiro atoms. The van der Waals surface area contributed by atoms with Crippen LogP contribution in [0, 0.1) is 0 Å². The fraction of sp³-hybridized carbons (Fsp3) is 0.417. The average Bonchev–Trinajstić information content (AvgIpc) is 2.34. The molecule has 0 aliphatic heterocycles. The van der Waals surface area contributed by atoms with Crippen molar-refractivity contribution in [1.82, 2.24) is 0 Å². The minimum absolute atomic E-state index is 0.255. The molecule has 3 nitrogen and oxygen atoms in total. The van der Waals surface area contributed by atoms with Gasteiger partial charge >= 0.3 is 5.97 Å². The van der Waals surface area contributed by atoms with Crippen LogP contribution in [-0.4, -0.2) is 24.1 Å². The summed E-state index contributed by atoms with van der Waals surface area (Å²) in [7, 11) is 0. The first-order valence-electron chi connectivity index (χ1n) is 5.55. The summed E-state index contributed by atoms with van der Waals surface area (Å²) in [6, 6.07) is 2.93. The Balaban J connectivity index is 2.52. The zero-order valence-corrected chi connectivity index (χ0v) is 12.4. The first-order chi connectivity index (χ1) is 8.56. The van der Waals surface area contributed by atoms with Gasteiger partial charge in [0.1, 0.15) is 0 Å². The van der Waals surface area contributed by atoms with Crippen molar-refractivity contribution >= 4 is 46.6 Å². The number of anilines is 1. The highest BCUT2D eigenvalue weighted by Crippen LogP contribution is 2.29. The van der Waals surface area contributed by atoms with E-state index in [1.165, 1.54) is 12.1 Å². The van der Waals surface area contributed by atoms with Crippen molar-refractivity contribution in [1.29, 1.82) is 0 Å². The number of rotatable bonds is 6. The molecule has 0 fully saturated rings. The molecular weight excluding hydrogens is 293 g/mol. The highest BCUT2D eigenvalue weighted by molar-refractivity contribution is 7.99. The lowest BCUT2D eigenvalue weighted by atomic mass is 10.2. The summed E-state index contributed by atoms with van der Waals surface area (Å²) in [6.45, 7) is 2.49. The SMILES string of the molecule is CCSCCCOC(=O)c1cc(N)c(Cl)c(Cl)c1. The lowest BCUT2D eigenvalue weighted by Gasteiger charge is -2.07. The quantitative estimate of drug-likeness (QED) is 0.492. The normalized spacial score (nSPS) is 10.4. The minimum atomic E-state index is -0.429. The molecule has 1 aromatic rings. The van der Waals surface area contributed by atoms with Crippen LogP contribution in [0.4, 0.5) is 5.69 Å². The smallest absolute Gasteiger partial charge is 0.338 e. The molecular formula is C12H15Cl2NO2S. The van der Waals surface area contributed by atoms with Crippen LogP contribution in [0.3, 0.4) is 0 Å². The number of esters is 1. The van der Waals surface area contributed by atoms with Crippen molar-refractivity contribution in [2.24, 2.45) is 0 Å². The van der Waals surface area contributed by atoms with Gasteiger partial charge in [0.15, 0.2) is 0 Å². The molecule has 0 aliphatic carbocycles. The van der Waals surface area contributed by atoms with Gasteiger partial charge in [-0.05, 0) is 30.1 Å². The van der Waals surface area contributed by atoms with Gasteiger partial charge in [-0.1, -0.05) is 30.1 Å². The van der Waals surface area contributed by atoms with Crippen LogP contribution in [0.1, 0.15) is 23.7 Å². The van der Waals surface area contributed by atoms with Crippen LogP contribution in [0.25, 0.3) is 0 Å². The summed E-state index contributed by atoms with van der Waals surface area (Å²) in [5, 5.41) is 0.512. The van der Waals surface area contributed by atoms with Crippen LogP contribution < -0.4 is 5.73 Å². The fourth-order valence-corrected chi connectivity index (χ4v) is 2.23. The predicted molar refractivity (Wildman–Crippen MR) is 78.8 cm³/mol. The third kappa shape index (κ3) is 4.59. The second-order valence-corrected chi connectivity index (χ2v) is 5.73. The van der Waals surface area contributed by atoms with E-state index in [-0.39, 0.29) is 15.7 Å². The molecule has 0 atom stereocenters. The zero-order chi connectivity index (χ0) is 13.5. The third-order valence-corrected chi connectivity index (χ3v) is 3.96. The molecule has 1 rings (SSSR count). The summed E-state index contributed by atoms with van der Waals surface area (Å²) in [6.07, 6.45) is 0.834. The lowest BCUT2D eigenvalue weighted by Crippen LogP contribution is -2.08. The van der Waals surface area contributed by atoms with Crippen LogP contribution in [0.2, 0.25) is 10.0 Å². The van der Waals surface area contributed by atoms with E-state index in [4.69, 9.17) is 33.7 Å². The molecule has 0 saturated heterocycles. The lowest BCUT2D eigenvalue weighted by molar-refractivity contribution is 0.0506. The van der Waals surface area contributed by atoms with E-state index < -0.39 is 5.97 Å². The Morgan fingerprint density at radius 2 is 2.17 bits per heavy atom. The zero-order valence-electron chi connectivity index (χ0n) is 10.0. The van der Waals surface area contributed by atoms with Crippen molar-refractivity contribution in [3.05, 3.63) is 27.7 Å². The predicted octanol–water partition coefficient (Wildman–Crippen LogP) is 3.88. The number of carbonyl (C=O) groups is 1. The van der Waals surface area contributed by atoms with Gasteiger partial charge in [0.2, 0.25) is 0 Å². The highest BCUT2D eigenvalue weighted by Gasteiger charge is 2.12. The van der Waals surface area contributed by atoms with E-state index in [1.807, 2.05) is 11.8 Å². The molecule has 0 aliphatic rings. The molecule has 0 heterocycles. The number of ether oxygens (including phenoxy) is 1. The van der Waals surface area contributed by atoms with Crippen LogP contribution in [0.5, 0.6) is 0 Å². The molecule has 2 N–H and O–H groups in total. The molecule has 0 radical (unpaired) electrons. The van der Waals surface area contributed by atoms with Crippen molar-refractivity contribution in [3.8, 4) is 0 Å². The van der Waals surface area contributed by atoms with E-state index in [0.717, 1.165) is 17.9 Å². The molecule has 0 bridgehead atoms. The second-order valence-electron chi connectivity index (χ2n) is 3.55. The molecule has 0 amide bonds. The molecule has 18 heavy (non-hydrogen) atoms. The first-order valence-corrected chi connectivity index (χ1v) is 7.46. The van der Waals surface area contributed by atoms with Crippen molar-refractivity contribution in [2.45, 2.75) is 13.3 Å². The number of halogens is 2. The maximum Gasteiger partial charge on any atom is 0.338 e. The number of carbonyl (C=O) groups excluding carboxylic acids is 1. The highest BCUT2D eigenvalue weighted by atomic mass is 35.5. The topological polar surface area (TPSA) is 52.3 Å². The molecule has 1 aromatic carbocycles. The van der Waals surface area contributed by atoms with Gasteiger partial charge in [0, 0.05) is 0 Å². The van der Waals surface area contributed by atoms with Gasteiger partial charge in [-0.25, -0.2) is 4.79 Å². The number of hydrogen-bond acceptors (Lipinski definition) is 4. The minimum Gasteiger partial charge on any atom is -0.462 e. The van der Waals surface area contributed by atoms with Crippen molar-refractivity contribution < 1.29 is 9.53 Å². The number of hydrogen-bond donors (Lipinski definition) is 1. The average molecular weight is 308 g/mol. The van der Waals surface area contributed by atoms with Crippen LogP contribution >= 0.6 is 35.0 Å². The number of nitrogens with two attached hydrogens (primary N) is 1. The van der Waals surface area contributed by atoms with Gasteiger partial charge in [0.05, 0.1) is 27.9 Å². The maximum atomic E-state index is 11.7. The van der Waals surface area contributed by atoms with Crippen LogP contribution in [0.15, 0.2) is 12.1 Å². The van der Waals surface area contributed by atoms with Gasteiger partial charge in [-0.3, -0.25) is 0 Å². The number of thioether (sulfide) groups is 1. The fourth-order valence-electron chi connectivity index (χ4n) is 1.28. The monoisotopic (exact) mass is 307 g/mol. The van der Waals surface area contributed by atoms with Crippen molar-refractivity contribution in [3.63, 3.8) is 0 Å². The molecule has 0 unspecified atom stereocenters. The summed E-state index contributed by atoms with van der Waals surface area (Å²) in [5.41, 5.74) is 6.23. The Morgan fingerprint density at radius 1 is 1.44 bits per heavy atom. The second kappa shape index (κ2) is 7.77. The van der Waals surface area contributed by atoms with E-state index in [0.29, 0.717) is 12.2 Å². The third-order valence-electron chi connectivity index (χ3n) is 2.16. The van der Waals surface area contributed by atoms with E-state index in [2.05, 4.69) is 6.92 Å². The van der Waals surface area contributed by atoms with E-state index in [9.17, 15) is 4.79 Å². The van der Waals surface area contributed by atoms with Gasteiger partial charge in [0.25, 0.3) is 0 Å². The summed E-state index contributed by atoms with van der Waals surface area (Å²) >= 11 is 13.5. The Kier molecular flexibility index (Phi) is 6.68. The van der Waals surface area contributed by atoms with Gasteiger partial charge in [-0.2, -0.15) is 11.8 Å². The van der Waals surface area contributed by atoms with Gasteiger partial charge in [-0.15, -0.1) is 0 Å². The Morgan fingerprint density at radius 3 is 2.78 bits per heavy atom. The number of benzene rings is 1. The first kappa shape index (κ1) is 15.5. The van der Waals surface area contributed by atoms with E-state index in [1.54, 1.807) is 0 Å². The Bertz CT molecular complexity index is 404. The van der Waals surface area contributed by atoms with Gasteiger partial charge < -0.3 is 10.5 Å². The van der Waals surface area contributed by atoms with Crippen LogP contribution in [-0.2, 0) is 4.74 Å². The standard InChI is InChI=1S/C12H15Cl2NO2S/c1-2-18-5-3-4-17-12(16)8-6-9(13)11(14)10(15)7-8/h6-7H,2-5,15H2,1H3. The molecule has 100 valence electrons. The summed E-state index contributed by atoms with van der Waals surface area (Å²) in [5.74, 6) is 1.62. The summed E-state index contributed by atoms with van der Waals surface area (Å²) in [4.78, 5) is 11.7. The summed E-state index contributed by atoms with van der Waals surface area (Å²) < 4.78 is 5.11. The Hall–Kier alpha value is -0.580. The number of nitrogen functional groups attached to an aromatic ring is 1.